The number of aromatic nitrogens is 2. The van der Waals surface area contributed by atoms with E-state index < -0.39 is 0 Å². The summed E-state index contributed by atoms with van der Waals surface area (Å²) in [4.78, 5) is 24.9. The Hall–Kier alpha value is -2.51. The molecule has 3 aromatic rings. The van der Waals surface area contributed by atoms with Crippen LogP contribution in [0.25, 0.3) is 10.3 Å². The zero-order valence-corrected chi connectivity index (χ0v) is 16.8. The van der Waals surface area contributed by atoms with Gasteiger partial charge in [-0.15, -0.1) is 0 Å². The number of carbonyl (C=O) groups is 1. The molecule has 5 rings (SSSR count). The van der Waals surface area contributed by atoms with Gasteiger partial charge in [0.2, 0.25) is 5.91 Å². The molecule has 2 aliphatic rings. The van der Waals surface area contributed by atoms with E-state index in [0.29, 0.717) is 17.3 Å². The smallest absolute Gasteiger partial charge is 0.281 e. The van der Waals surface area contributed by atoms with Gasteiger partial charge in [0, 0.05) is 44.8 Å². The van der Waals surface area contributed by atoms with Crippen LogP contribution in [0.2, 0.25) is 0 Å². The number of hydrogen-bond acceptors (Lipinski definition) is 6. The van der Waals surface area contributed by atoms with Gasteiger partial charge < -0.3 is 9.64 Å². The second kappa shape index (κ2) is 6.83. The van der Waals surface area contributed by atoms with E-state index in [1.807, 2.05) is 30.2 Å². The molecule has 2 aliphatic heterocycles. The average molecular weight is 395 g/mol. The average Bonchev–Trinajstić information content (AvgIpc) is 3.36. The molecule has 0 spiro atoms. The molecule has 1 amide bonds. The van der Waals surface area contributed by atoms with Crippen LogP contribution in [0.4, 0.5) is 0 Å². The zero-order valence-electron chi connectivity index (χ0n) is 16.0. The van der Waals surface area contributed by atoms with Crippen molar-refractivity contribution >= 4 is 27.6 Å². The van der Waals surface area contributed by atoms with Gasteiger partial charge in [-0.2, -0.15) is 4.98 Å². The monoisotopic (exact) mass is 394 g/mol. The molecule has 2 fully saturated rings. The number of thiazole rings is 1. The number of amides is 1. The molecule has 0 aliphatic carbocycles. The predicted molar refractivity (Wildman–Crippen MR) is 109 cm³/mol. The number of nitrogens with zero attached hydrogens (tertiary/aromatic N) is 4. The molecule has 0 radical (unpaired) electrons. The van der Waals surface area contributed by atoms with Gasteiger partial charge in [0.1, 0.15) is 5.75 Å². The fraction of sp³-hybridized carbons (Fsp3) is 0.381. The van der Waals surface area contributed by atoms with Crippen molar-refractivity contribution in [2.24, 2.45) is 0 Å². The first-order valence-corrected chi connectivity index (χ1v) is 10.4. The van der Waals surface area contributed by atoms with Crippen molar-refractivity contribution in [3.63, 3.8) is 0 Å². The van der Waals surface area contributed by atoms with Gasteiger partial charge >= 0.3 is 0 Å². The lowest BCUT2D eigenvalue weighted by atomic mass is 10.2. The molecular weight excluding hydrogens is 372 g/mol. The fourth-order valence-electron chi connectivity index (χ4n) is 4.27. The van der Waals surface area contributed by atoms with Crippen LogP contribution in [0.3, 0.4) is 0 Å². The lowest BCUT2D eigenvalue weighted by molar-refractivity contribution is -0.131. The lowest BCUT2D eigenvalue weighted by Gasteiger charge is -2.33. The number of carbonyl (C=O) groups excluding carboxylic acids is 1. The molecule has 2 aromatic heterocycles. The molecule has 1 aromatic carbocycles. The third kappa shape index (κ3) is 3.25. The maximum Gasteiger partial charge on any atom is 0.281 e. The Morgan fingerprint density at radius 3 is 2.79 bits per heavy atom. The molecule has 2 saturated heterocycles. The summed E-state index contributed by atoms with van der Waals surface area (Å²) < 4.78 is 6.96. The second-order valence-corrected chi connectivity index (χ2v) is 8.70. The fourth-order valence-corrected chi connectivity index (χ4v) is 5.16. The summed E-state index contributed by atoms with van der Waals surface area (Å²) in [5, 5.41) is 0.613. The largest absolute Gasteiger partial charge is 0.431 e. The molecule has 4 heterocycles. The van der Waals surface area contributed by atoms with Gasteiger partial charge in [0.15, 0.2) is 5.65 Å². The minimum Gasteiger partial charge on any atom is -0.431 e. The van der Waals surface area contributed by atoms with Crippen LogP contribution in [0, 0.1) is 6.92 Å². The number of likely N-dealkylation sites (tertiary alicyclic amines) is 2. The van der Waals surface area contributed by atoms with Crippen molar-refractivity contribution in [2.45, 2.75) is 38.9 Å². The Balaban J connectivity index is 1.23. The predicted octanol–water partition coefficient (Wildman–Crippen LogP) is 3.60. The van der Waals surface area contributed by atoms with Crippen LogP contribution in [0.15, 0.2) is 36.5 Å². The van der Waals surface area contributed by atoms with Crippen LogP contribution in [0.1, 0.15) is 24.5 Å². The van der Waals surface area contributed by atoms with Crippen LogP contribution >= 0.6 is 11.3 Å². The van der Waals surface area contributed by atoms with E-state index in [4.69, 9.17) is 4.74 Å². The van der Waals surface area contributed by atoms with Gasteiger partial charge in [-0.1, -0.05) is 23.5 Å². The van der Waals surface area contributed by atoms with Crippen molar-refractivity contribution in [3.8, 4) is 10.9 Å². The summed E-state index contributed by atoms with van der Waals surface area (Å²) in [7, 11) is 0. The Labute approximate surface area is 167 Å². The molecule has 0 saturated carbocycles. The number of ether oxygens (including phenoxy) is 1. The Morgan fingerprint density at radius 2 is 2.07 bits per heavy atom. The van der Waals surface area contributed by atoms with Crippen molar-refractivity contribution in [1.82, 2.24) is 19.8 Å². The van der Waals surface area contributed by atoms with E-state index in [0.717, 1.165) is 47.7 Å². The summed E-state index contributed by atoms with van der Waals surface area (Å²) in [5.74, 6) is 0.985. The second-order valence-electron chi connectivity index (χ2n) is 7.70. The normalized spacial score (nSPS) is 21.6. The number of fused-ring (bicyclic) bond motifs is 3. The maximum atomic E-state index is 11.6. The van der Waals surface area contributed by atoms with Crippen LogP contribution in [-0.4, -0.2) is 50.8 Å². The highest BCUT2D eigenvalue weighted by Crippen LogP contribution is 2.33. The van der Waals surface area contributed by atoms with E-state index in [9.17, 15) is 4.79 Å². The maximum absolute atomic E-state index is 11.6. The Morgan fingerprint density at radius 1 is 1.25 bits per heavy atom. The van der Waals surface area contributed by atoms with Crippen molar-refractivity contribution in [3.05, 3.63) is 47.7 Å². The quantitative estimate of drug-likeness (QED) is 0.677. The summed E-state index contributed by atoms with van der Waals surface area (Å²) in [6.45, 7) is 6.45. The topological polar surface area (TPSA) is 58.6 Å². The Kier molecular flexibility index (Phi) is 4.29. The molecule has 2 atom stereocenters. The molecule has 0 unspecified atom stereocenters. The third-order valence-electron chi connectivity index (χ3n) is 5.64. The number of piperazine rings is 1. The summed E-state index contributed by atoms with van der Waals surface area (Å²) in [5.41, 5.74) is 3.11. The minimum atomic E-state index is 0.203. The van der Waals surface area contributed by atoms with Crippen LogP contribution in [-0.2, 0) is 11.3 Å². The first kappa shape index (κ1) is 17.6. The molecule has 28 heavy (non-hydrogen) atoms. The van der Waals surface area contributed by atoms with Gasteiger partial charge in [0.05, 0.1) is 4.70 Å². The minimum absolute atomic E-state index is 0.203. The number of benzene rings is 1. The number of rotatable bonds is 4. The van der Waals surface area contributed by atoms with Gasteiger partial charge in [-0.25, -0.2) is 4.98 Å². The van der Waals surface area contributed by atoms with Gasteiger partial charge in [0.25, 0.3) is 5.19 Å². The van der Waals surface area contributed by atoms with Crippen molar-refractivity contribution < 1.29 is 9.53 Å². The molecular formula is C21H22N4O2S. The van der Waals surface area contributed by atoms with E-state index in [-0.39, 0.29) is 5.91 Å². The van der Waals surface area contributed by atoms with Gasteiger partial charge in [-0.3, -0.25) is 9.69 Å². The molecule has 7 heteroatoms. The van der Waals surface area contributed by atoms with E-state index in [2.05, 4.69) is 33.1 Å². The van der Waals surface area contributed by atoms with Crippen LogP contribution < -0.4 is 4.74 Å². The van der Waals surface area contributed by atoms with Gasteiger partial charge in [-0.05, 0) is 42.7 Å². The SMILES string of the molecule is CC(=O)N1C[C@@H]2C[C@H]1CN2Cc1ccc(Oc2nc3ncc(C)cc3s2)cc1. The summed E-state index contributed by atoms with van der Waals surface area (Å²) in [6.07, 6.45) is 2.92. The van der Waals surface area contributed by atoms with Crippen molar-refractivity contribution in [1.29, 1.82) is 0 Å². The Bertz CT molecular complexity index is 1030. The highest BCUT2D eigenvalue weighted by molar-refractivity contribution is 7.20. The number of hydrogen-bond donors (Lipinski definition) is 0. The van der Waals surface area contributed by atoms with E-state index in [1.165, 1.54) is 16.9 Å². The number of pyridine rings is 1. The molecule has 6 nitrogen and oxygen atoms in total. The lowest BCUT2D eigenvalue weighted by Crippen LogP contribution is -2.47. The summed E-state index contributed by atoms with van der Waals surface area (Å²) in [6, 6.07) is 11.2. The molecule has 2 bridgehead atoms. The molecule has 144 valence electrons. The van der Waals surface area contributed by atoms with Crippen molar-refractivity contribution in [2.75, 3.05) is 13.1 Å². The van der Waals surface area contributed by atoms with Crippen LogP contribution in [0.5, 0.6) is 10.9 Å². The highest BCUT2D eigenvalue weighted by atomic mass is 32.1. The standard InChI is InChI=1S/C21H22N4O2S/c1-13-7-19-20(22-9-13)23-21(28-19)27-18-5-3-15(4-6-18)10-24-11-17-8-16(24)12-25(17)14(2)26/h3-7,9,16-17H,8,10-12H2,1-2H3/t16-,17-/m0/s1. The van der Waals surface area contributed by atoms with E-state index >= 15 is 0 Å². The highest BCUT2D eigenvalue weighted by Gasteiger charge is 2.43. The summed E-state index contributed by atoms with van der Waals surface area (Å²) >= 11 is 1.51. The first-order chi connectivity index (χ1) is 13.5. The molecule has 0 N–H and O–H groups in total. The number of aryl methyl sites for hydroxylation is 1. The van der Waals surface area contributed by atoms with E-state index in [1.54, 1.807) is 6.92 Å². The zero-order chi connectivity index (χ0) is 19.3. The first-order valence-electron chi connectivity index (χ1n) is 9.56. The third-order valence-corrected chi connectivity index (χ3v) is 6.51.